The Morgan fingerprint density at radius 1 is 1.50 bits per heavy atom. The van der Waals surface area contributed by atoms with Crippen LogP contribution in [0.1, 0.15) is 13.3 Å². The molecule has 74 valence electrons. The van der Waals surface area contributed by atoms with Crippen LogP contribution in [-0.4, -0.2) is 16.7 Å². The van der Waals surface area contributed by atoms with Gasteiger partial charge in [-0.3, -0.25) is 9.59 Å². The summed E-state index contributed by atoms with van der Waals surface area (Å²) in [6.07, 6.45) is 1.46. The maximum absolute atomic E-state index is 11.1. The standard InChI is InChI=1S/C9H9BrN2O2/c1-6(13)4-9(14)12-8-3-2-7(10)5-11-8/h2-3,5H,4H2,1H3,(H,11,12,14). The number of hydrogen-bond acceptors (Lipinski definition) is 3. The van der Waals surface area contributed by atoms with Crippen LogP contribution < -0.4 is 5.32 Å². The van der Waals surface area contributed by atoms with Crippen LogP contribution in [0.25, 0.3) is 0 Å². The zero-order chi connectivity index (χ0) is 10.6. The summed E-state index contributed by atoms with van der Waals surface area (Å²) >= 11 is 3.22. The second kappa shape index (κ2) is 4.85. The molecule has 0 atom stereocenters. The minimum absolute atomic E-state index is 0.113. The number of Topliss-reactive ketones (excluding diaryl/α,β-unsaturated/α-hetero) is 1. The molecule has 14 heavy (non-hydrogen) atoms. The van der Waals surface area contributed by atoms with E-state index in [0.717, 1.165) is 4.47 Å². The molecule has 1 rings (SSSR count). The summed E-state index contributed by atoms with van der Waals surface area (Å²) in [5.41, 5.74) is 0. The summed E-state index contributed by atoms with van der Waals surface area (Å²) in [6.45, 7) is 1.37. The van der Waals surface area contributed by atoms with Crippen molar-refractivity contribution in [3.63, 3.8) is 0 Å². The van der Waals surface area contributed by atoms with Gasteiger partial charge < -0.3 is 5.32 Å². The Bertz CT molecular complexity index is 348. The molecule has 1 N–H and O–H groups in total. The number of ketones is 1. The number of amides is 1. The van der Waals surface area contributed by atoms with Crippen molar-refractivity contribution in [2.24, 2.45) is 0 Å². The summed E-state index contributed by atoms with van der Waals surface area (Å²) in [6, 6.07) is 3.42. The first-order chi connectivity index (χ1) is 6.58. The van der Waals surface area contributed by atoms with Crippen LogP contribution >= 0.6 is 15.9 Å². The number of nitrogens with zero attached hydrogens (tertiary/aromatic N) is 1. The number of halogens is 1. The highest BCUT2D eigenvalue weighted by molar-refractivity contribution is 9.10. The lowest BCUT2D eigenvalue weighted by molar-refractivity contribution is -0.124. The lowest BCUT2D eigenvalue weighted by atomic mass is 10.3. The van der Waals surface area contributed by atoms with E-state index in [1.807, 2.05) is 0 Å². The summed E-state index contributed by atoms with van der Waals surface area (Å²) in [7, 11) is 0. The molecule has 0 bridgehead atoms. The molecular weight excluding hydrogens is 248 g/mol. The van der Waals surface area contributed by atoms with E-state index < -0.39 is 0 Å². The molecule has 0 saturated carbocycles. The summed E-state index contributed by atoms with van der Waals surface area (Å²) in [4.78, 5) is 25.7. The lowest BCUT2D eigenvalue weighted by Gasteiger charge is -2.01. The van der Waals surface area contributed by atoms with E-state index in [9.17, 15) is 9.59 Å². The van der Waals surface area contributed by atoms with Crippen molar-refractivity contribution in [1.29, 1.82) is 0 Å². The predicted molar refractivity (Wildman–Crippen MR) is 55.9 cm³/mol. The van der Waals surface area contributed by atoms with Gasteiger partial charge >= 0.3 is 0 Å². The van der Waals surface area contributed by atoms with Crippen LogP contribution in [0.5, 0.6) is 0 Å². The quantitative estimate of drug-likeness (QED) is 0.839. The van der Waals surface area contributed by atoms with E-state index >= 15 is 0 Å². The number of rotatable bonds is 3. The summed E-state index contributed by atoms with van der Waals surface area (Å²) in [5, 5.41) is 2.51. The molecule has 1 aromatic rings. The molecule has 0 aliphatic carbocycles. The third-order valence-electron chi connectivity index (χ3n) is 1.40. The molecule has 1 heterocycles. The lowest BCUT2D eigenvalue weighted by Crippen LogP contribution is -2.15. The van der Waals surface area contributed by atoms with E-state index in [0.29, 0.717) is 5.82 Å². The number of carbonyl (C=O) groups is 2. The Kier molecular flexibility index (Phi) is 3.76. The van der Waals surface area contributed by atoms with Crippen molar-refractivity contribution in [3.8, 4) is 0 Å². The second-order valence-corrected chi connectivity index (χ2v) is 3.70. The minimum Gasteiger partial charge on any atom is -0.310 e. The fourth-order valence-corrected chi connectivity index (χ4v) is 1.10. The number of nitrogens with one attached hydrogen (secondary N) is 1. The monoisotopic (exact) mass is 256 g/mol. The van der Waals surface area contributed by atoms with Gasteiger partial charge in [0.1, 0.15) is 11.6 Å². The number of hydrogen-bond donors (Lipinski definition) is 1. The van der Waals surface area contributed by atoms with E-state index in [1.165, 1.54) is 6.92 Å². The van der Waals surface area contributed by atoms with E-state index in [-0.39, 0.29) is 18.1 Å². The molecule has 0 aromatic carbocycles. The van der Waals surface area contributed by atoms with Crippen molar-refractivity contribution in [2.75, 3.05) is 5.32 Å². The van der Waals surface area contributed by atoms with E-state index in [2.05, 4.69) is 26.2 Å². The largest absolute Gasteiger partial charge is 0.310 e. The minimum atomic E-state index is -0.340. The van der Waals surface area contributed by atoms with Crippen LogP contribution in [-0.2, 0) is 9.59 Å². The third-order valence-corrected chi connectivity index (χ3v) is 1.87. The maximum atomic E-state index is 11.1. The molecule has 0 fully saturated rings. The zero-order valence-electron chi connectivity index (χ0n) is 7.58. The molecule has 0 unspecified atom stereocenters. The predicted octanol–water partition coefficient (Wildman–Crippen LogP) is 1.76. The topological polar surface area (TPSA) is 59.1 Å². The van der Waals surface area contributed by atoms with Gasteiger partial charge in [0.2, 0.25) is 5.91 Å². The fraction of sp³-hybridized carbons (Fsp3) is 0.222. The molecular formula is C9H9BrN2O2. The van der Waals surface area contributed by atoms with Crippen molar-refractivity contribution in [3.05, 3.63) is 22.8 Å². The zero-order valence-corrected chi connectivity index (χ0v) is 9.17. The molecule has 0 aliphatic heterocycles. The summed E-state index contributed by atoms with van der Waals surface area (Å²) < 4.78 is 0.835. The van der Waals surface area contributed by atoms with Gasteiger partial charge in [0, 0.05) is 10.7 Å². The van der Waals surface area contributed by atoms with Gasteiger partial charge in [-0.05, 0) is 35.0 Å². The Balaban J connectivity index is 2.56. The van der Waals surface area contributed by atoms with Crippen LogP contribution in [0, 0.1) is 0 Å². The molecule has 1 amide bonds. The Hall–Kier alpha value is -1.23. The molecule has 1 aromatic heterocycles. The maximum Gasteiger partial charge on any atom is 0.232 e. The van der Waals surface area contributed by atoms with Crippen LogP contribution in [0.15, 0.2) is 22.8 Å². The van der Waals surface area contributed by atoms with Crippen LogP contribution in [0.4, 0.5) is 5.82 Å². The van der Waals surface area contributed by atoms with Gasteiger partial charge in [0.25, 0.3) is 0 Å². The molecule has 0 spiro atoms. The molecule has 4 nitrogen and oxygen atoms in total. The molecule has 0 radical (unpaired) electrons. The number of aromatic nitrogens is 1. The van der Waals surface area contributed by atoms with Gasteiger partial charge in [-0.1, -0.05) is 0 Å². The average molecular weight is 257 g/mol. The van der Waals surface area contributed by atoms with Gasteiger partial charge in [0.05, 0.1) is 6.42 Å². The Morgan fingerprint density at radius 3 is 2.71 bits per heavy atom. The van der Waals surface area contributed by atoms with Crippen molar-refractivity contribution in [1.82, 2.24) is 4.98 Å². The normalized spacial score (nSPS) is 9.57. The number of pyridine rings is 1. The molecule has 5 heteroatoms. The summed E-state index contributed by atoms with van der Waals surface area (Å²) in [5.74, 6) is -0.0635. The third kappa shape index (κ3) is 3.66. The highest BCUT2D eigenvalue weighted by atomic mass is 79.9. The van der Waals surface area contributed by atoms with Gasteiger partial charge in [-0.2, -0.15) is 0 Å². The molecule has 0 aliphatic rings. The molecule has 0 saturated heterocycles. The Morgan fingerprint density at radius 2 is 2.21 bits per heavy atom. The highest BCUT2D eigenvalue weighted by Crippen LogP contribution is 2.10. The van der Waals surface area contributed by atoms with Gasteiger partial charge in [0.15, 0.2) is 0 Å². The highest BCUT2D eigenvalue weighted by Gasteiger charge is 2.05. The van der Waals surface area contributed by atoms with Gasteiger partial charge in [-0.25, -0.2) is 4.98 Å². The first-order valence-corrected chi connectivity index (χ1v) is 4.78. The van der Waals surface area contributed by atoms with E-state index in [1.54, 1.807) is 18.3 Å². The van der Waals surface area contributed by atoms with E-state index in [4.69, 9.17) is 0 Å². The first-order valence-electron chi connectivity index (χ1n) is 3.99. The SMILES string of the molecule is CC(=O)CC(=O)Nc1ccc(Br)cn1. The van der Waals surface area contributed by atoms with Crippen molar-refractivity contribution < 1.29 is 9.59 Å². The fourth-order valence-electron chi connectivity index (χ4n) is 0.863. The van der Waals surface area contributed by atoms with Crippen molar-refractivity contribution >= 4 is 33.4 Å². The smallest absolute Gasteiger partial charge is 0.232 e. The van der Waals surface area contributed by atoms with Crippen LogP contribution in [0.3, 0.4) is 0 Å². The average Bonchev–Trinajstić information content (AvgIpc) is 2.07. The second-order valence-electron chi connectivity index (χ2n) is 2.79. The van der Waals surface area contributed by atoms with Gasteiger partial charge in [-0.15, -0.1) is 0 Å². The first kappa shape index (κ1) is 10.8. The number of carbonyl (C=O) groups excluding carboxylic acids is 2. The van der Waals surface area contributed by atoms with Crippen LogP contribution in [0.2, 0.25) is 0 Å². The Labute approximate surface area is 89.9 Å². The number of anilines is 1. The van der Waals surface area contributed by atoms with Crippen molar-refractivity contribution in [2.45, 2.75) is 13.3 Å².